The van der Waals surface area contributed by atoms with Crippen LogP contribution >= 0.6 is 11.3 Å². The molecule has 1 unspecified atom stereocenters. The van der Waals surface area contributed by atoms with Gasteiger partial charge in [0.1, 0.15) is 12.2 Å². The second-order valence-corrected chi connectivity index (χ2v) is 4.12. The average Bonchev–Trinajstić information content (AvgIpc) is 2.85. The average molecular weight is 264 g/mol. The summed E-state index contributed by atoms with van der Waals surface area (Å²) in [5.41, 5.74) is 0. The Balaban J connectivity index is 2.07. The molecule has 0 aliphatic rings. The van der Waals surface area contributed by atoms with Crippen LogP contribution in [0.5, 0.6) is 0 Å². The quantitative estimate of drug-likeness (QED) is 0.884. The van der Waals surface area contributed by atoms with Crippen molar-refractivity contribution in [2.75, 3.05) is 5.32 Å². The number of H-pyrrole nitrogens is 1. The zero-order chi connectivity index (χ0) is 12.5. The highest BCUT2D eigenvalue weighted by atomic mass is 32.1. The highest BCUT2D eigenvalue weighted by Crippen LogP contribution is 2.33. The van der Waals surface area contributed by atoms with Crippen molar-refractivity contribution in [3.63, 3.8) is 0 Å². The van der Waals surface area contributed by atoms with Crippen LogP contribution < -0.4 is 5.32 Å². The van der Waals surface area contributed by atoms with E-state index in [1.54, 1.807) is 6.92 Å². The van der Waals surface area contributed by atoms with Gasteiger partial charge in [0.25, 0.3) is 0 Å². The first kappa shape index (κ1) is 11.8. The Labute approximate surface area is 97.3 Å². The van der Waals surface area contributed by atoms with E-state index in [9.17, 15) is 13.2 Å². The molecule has 92 valence electrons. The molecule has 0 radical (unpaired) electrons. The Bertz CT molecular complexity index is 478. The van der Waals surface area contributed by atoms with E-state index in [0.29, 0.717) is 17.2 Å². The van der Waals surface area contributed by atoms with Gasteiger partial charge in [0.05, 0.1) is 6.04 Å². The van der Waals surface area contributed by atoms with Crippen LogP contribution in [-0.4, -0.2) is 25.4 Å². The number of anilines is 1. The van der Waals surface area contributed by atoms with Gasteiger partial charge in [-0.25, -0.2) is 4.98 Å². The lowest BCUT2D eigenvalue weighted by Gasteiger charge is -2.07. The fourth-order valence-electron chi connectivity index (χ4n) is 1.07. The van der Waals surface area contributed by atoms with E-state index < -0.39 is 11.2 Å². The third-order valence-corrected chi connectivity index (χ3v) is 2.75. The minimum atomic E-state index is -4.47. The molecule has 0 saturated heterocycles. The van der Waals surface area contributed by atoms with Crippen LogP contribution in [0.15, 0.2) is 6.33 Å². The minimum absolute atomic E-state index is 0.0845. The number of hydrogen-bond acceptors (Lipinski definition) is 6. The van der Waals surface area contributed by atoms with Crippen LogP contribution in [0.1, 0.15) is 23.8 Å². The summed E-state index contributed by atoms with van der Waals surface area (Å²) in [6, 6.07) is -0.327. The van der Waals surface area contributed by atoms with Crippen molar-refractivity contribution in [2.24, 2.45) is 0 Å². The van der Waals surface area contributed by atoms with Gasteiger partial charge in [-0.05, 0) is 6.92 Å². The molecular weight excluding hydrogens is 257 g/mol. The first-order valence-electron chi connectivity index (χ1n) is 4.49. The molecule has 10 heteroatoms. The summed E-state index contributed by atoms with van der Waals surface area (Å²) in [7, 11) is 0. The van der Waals surface area contributed by atoms with Gasteiger partial charge < -0.3 is 5.32 Å². The van der Waals surface area contributed by atoms with Gasteiger partial charge >= 0.3 is 6.18 Å². The van der Waals surface area contributed by atoms with Crippen LogP contribution in [-0.2, 0) is 6.18 Å². The van der Waals surface area contributed by atoms with Gasteiger partial charge in [-0.3, -0.25) is 5.10 Å². The van der Waals surface area contributed by atoms with E-state index in [2.05, 4.69) is 30.7 Å². The number of rotatable bonds is 3. The molecule has 0 bridgehead atoms. The molecule has 0 saturated carbocycles. The predicted octanol–water partition coefficient (Wildman–Crippen LogP) is 1.85. The third kappa shape index (κ3) is 2.70. The maximum Gasteiger partial charge on any atom is 0.445 e. The van der Waals surface area contributed by atoms with Crippen LogP contribution in [0.3, 0.4) is 0 Å². The van der Waals surface area contributed by atoms with Crippen molar-refractivity contribution in [3.05, 3.63) is 17.2 Å². The van der Waals surface area contributed by atoms with Crippen molar-refractivity contribution in [1.29, 1.82) is 0 Å². The molecule has 0 aliphatic carbocycles. The van der Waals surface area contributed by atoms with Crippen LogP contribution in [0.2, 0.25) is 0 Å². The highest BCUT2D eigenvalue weighted by molar-refractivity contribution is 7.15. The number of nitrogens with zero attached hydrogens (tertiary/aromatic N) is 4. The molecule has 0 spiro atoms. The second kappa shape index (κ2) is 4.28. The summed E-state index contributed by atoms with van der Waals surface area (Å²) in [6.45, 7) is 1.72. The number of aromatic nitrogens is 5. The number of alkyl halides is 3. The molecule has 1 atom stereocenters. The summed E-state index contributed by atoms with van der Waals surface area (Å²) in [6.07, 6.45) is -3.15. The van der Waals surface area contributed by atoms with Crippen LogP contribution in [0, 0.1) is 0 Å². The molecule has 0 aromatic carbocycles. The van der Waals surface area contributed by atoms with Crippen molar-refractivity contribution >= 4 is 16.5 Å². The number of aromatic amines is 1. The first-order chi connectivity index (χ1) is 7.97. The molecule has 2 aromatic rings. The maximum absolute atomic E-state index is 12.3. The van der Waals surface area contributed by atoms with Gasteiger partial charge in [0.2, 0.25) is 10.1 Å². The fraction of sp³-hybridized carbons (Fsp3) is 0.429. The lowest BCUT2D eigenvalue weighted by molar-refractivity contribution is -0.138. The number of halogens is 3. The highest BCUT2D eigenvalue weighted by Gasteiger charge is 2.35. The van der Waals surface area contributed by atoms with E-state index in [0.717, 1.165) is 0 Å². The zero-order valence-electron chi connectivity index (χ0n) is 8.49. The predicted molar refractivity (Wildman–Crippen MR) is 53.3 cm³/mol. The Morgan fingerprint density at radius 2 is 2.18 bits per heavy atom. The first-order valence-corrected chi connectivity index (χ1v) is 5.31. The normalized spacial score (nSPS) is 13.6. The monoisotopic (exact) mass is 264 g/mol. The van der Waals surface area contributed by atoms with Crippen molar-refractivity contribution in [1.82, 2.24) is 25.4 Å². The standard InChI is InChI=1S/C7H7F3N6S/c1-3(4-11-2-12-14-4)13-6-16-15-5(17-6)7(8,9)10/h2-3H,1H3,(H,13,16)(H,11,12,14). The SMILES string of the molecule is CC(Nc1nnc(C(F)(F)F)s1)c1ncn[nH]1. The number of nitrogens with one attached hydrogen (secondary N) is 2. The Morgan fingerprint density at radius 3 is 2.71 bits per heavy atom. The van der Waals surface area contributed by atoms with E-state index in [-0.39, 0.29) is 11.2 Å². The summed E-state index contributed by atoms with van der Waals surface area (Å²) in [5, 5.41) is 14.6. The maximum atomic E-state index is 12.3. The topological polar surface area (TPSA) is 79.4 Å². The van der Waals surface area contributed by atoms with Gasteiger partial charge in [0.15, 0.2) is 0 Å². The number of hydrogen-bond donors (Lipinski definition) is 2. The van der Waals surface area contributed by atoms with Crippen LogP contribution in [0.4, 0.5) is 18.3 Å². The largest absolute Gasteiger partial charge is 0.445 e. The lowest BCUT2D eigenvalue weighted by Crippen LogP contribution is -2.08. The molecule has 2 heterocycles. The summed E-state index contributed by atoms with van der Waals surface area (Å²) in [4.78, 5) is 3.87. The molecule has 0 fully saturated rings. The van der Waals surface area contributed by atoms with Crippen LogP contribution in [0.25, 0.3) is 0 Å². The van der Waals surface area contributed by atoms with Crippen molar-refractivity contribution in [3.8, 4) is 0 Å². The molecular formula is C7H7F3N6S. The molecule has 2 N–H and O–H groups in total. The molecule has 2 rings (SSSR count). The molecule has 6 nitrogen and oxygen atoms in total. The van der Waals surface area contributed by atoms with Gasteiger partial charge in [0, 0.05) is 0 Å². The van der Waals surface area contributed by atoms with Crippen molar-refractivity contribution < 1.29 is 13.2 Å². The van der Waals surface area contributed by atoms with E-state index >= 15 is 0 Å². The summed E-state index contributed by atoms with van der Waals surface area (Å²) < 4.78 is 36.8. The Hall–Kier alpha value is -1.71. The van der Waals surface area contributed by atoms with E-state index in [4.69, 9.17) is 0 Å². The van der Waals surface area contributed by atoms with Crippen molar-refractivity contribution in [2.45, 2.75) is 19.1 Å². The van der Waals surface area contributed by atoms with Gasteiger partial charge in [-0.2, -0.15) is 18.3 Å². The summed E-state index contributed by atoms with van der Waals surface area (Å²) in [5.74, 6) is 0.508. The van der Waals surface area contributed by atoms with Gasteiger partial charge in [-0.1, -0.05) is 11.3 Å². The lowest BCUT2D eigenvalue weighted by atomic mass is 10.3. The fourth-order valence-corrected chi connectivity index (χ4v) is 1.77. The Morgan fingerprint density at radius 1 is 1.41 bits per heavy atom. The molecule has 17 heavy (non-hydrogen) atoms. The third-order valence-electron chi connectivity index (χ3n) is 1.85. The Kier molecular flexibility index (Phi) is 2.96. The molecule has 0 aliphatic heterocycles. The van der Waals surface area contributed by atoms with Gasteiger partial charge in [-0.15, -0.1) is 10.2 Å². The van der Waals surface area contributed by atoms with E-state index in [1.165, 1.54) is 6.33 Å². The minimum Gasteiger partial charge on any atom is -0.350 e. The summed E-state index contributed by atoms with van der Waals surface area (Å²) >= 11 is 0.445. The van der Waals surface area contributed by atoms with E-state index in [1.807, 2.05) is 0 Å². The smallest absolute Gasteiger partial charge is 0.350 e. The molecule has 2 aromatic heterocycles. The molecule has 0 amide bonds. The zero-order valence-corrected chi connectivity index (χ0v) is 9.30. The second-order valence-electron chi connectivity index (χ2n) is 3.15.